The second kappa shape index (κ2) is 8.08. The van der Waals surface area contributed by atoms with E-state index in [2.05, 4.69) is 20.2 Å². The van der Waals surface area contributed by atoms with E-state index in [4.69, 9.17) is 4.74 Å². The molecule has 1 atom stereocenters. The Morgan fingerprint density at radius 2 is 1.92 bits per heavy atom. The average molecular weight is 328 g/mol. The van der Waals surface area contributed by atoms with E-state index in [1.165, 1.54) is 12.8 Å². The van der Waals surface area contributed by atoms with Gasteiger partial charge in [-0.2, -0.15) is 0 Å². The maximum atomic E-state index is 10.3. The number of aliphatic hydroxyl groups is 1. The van der Waals surface area contributed by atoms with Crippen LogP contribution in [0.1, 0.15) is 30.1 Å². The third-order valence-electron chi connectivity index (χ3n) is 4.25. The Bertz CT molecular complexity index is 642. The van der Waals surface area contributed by atoms with Gasteiger partial charge in [0.25, 0.3) is 0 Å². The lowest BCUT2D eigenvalue weighted by molar-refractivity contribution is 0.170. The van der Waals surface area contributed by atoms with Crippen LogP contribution >= 0.6 is 0 Å². The molecule has 6 heteroatoms. The van der Waals surface area contributed by atoms with E-state index in [-0.39, 0.29) is 0 Å². The van der Waals surface area contributed by atoms with Crippen molar-refractivity contribution in [3.8, 4) is 5.75 Å². The number of para-hydroxylation sites is 1. The van der Waals surface area contributed by atoms with Crippen molar-refractivity contribution in [1.82, 2.24) is 15.3 Å². The lowest BCUT2D eigenvalue weighted by Crippen LogP contribution is -2.23. The van der Waals surface area contributed by atoms with Gasteiger partial charge in [0.1, 0.15) is 5.75 Å². The number of aliphatic hydroxyl groups excluding tert-OH is 1. The molecule has 2 N–H and O–H groups in total. The molecule has 3 rings (SSSR count). The minimum Gasteiger partial charge on any atom is -0.496 e. The fourth-order valence-corrected chi connectivity index (χ4v) is 2.92. The van der Waals surface area contributed by atoms with Crippen LogP contribution in [0.15, 0.2) is 36.7 Å². The number of nitrogens with zero attached hydrogens (tertiary/aromatic N) is 3. The zero-order valence-corrected chi connectivity index (χ0v) is 14.0. The van der Waals surface area contributed by atoms with E-state index in [9.17, 15) is 5.11 Å². The minimum absolute atomic E-state index is 0.439. The van der Waals surface area contributed by atoms with Crippen LogP contribution in [0.3, 0.4) is 0 Å². The lowest BCUT2D eigenvalue weighted by Gasteiger charge is -2.16. The smallest absolute Gasteiger partial charge is 0.225 e. The molecule has 0 saturated carbocycles. The lowest BCUT2D eigenvalue weighted by atomic mass is 10.1. The molecule has 1 aromatic carbocycles. The number of hydrogen-bond acceptors (Lipinski definition) is 6. The van der Waals surface area contributed by atoms with Crippen LogP contribution < -0.4 is 15.0 Å². The molecule has 0 aliphatic carbocycles. The predicted octanol–water partition coefficient (Wildman–Crippen LogP) is 1.91. The van der Waals surface area contributed by atoms with Gasteiger partial charge in [0, 0.05) is 49.7 Å². The summed E-state index contributed by atoms with van der Waals surface area (Å²) in [7, 11) is 1.61. The van der Waals surface area contributed by atoms with Crippen molar-refractivity contribution in [3.63, 3.8) is 0 Å². The van der Waals surface area contributed by atoms with E-state index in [0.29, 0.717) is 18.8 Å². The Labute approximate surface area is 142 Å². The maximum Gasteiger partial charge on any atom is 0.225 e. The maximum absolute atomic E-state index is 10.3. The second-order valence-corrected chi connectivity index (χ2v) is 5.97. The van der Waals surface area contributed by atoms with Crippen LogP contribution in [-0.4, -0.2) is 41.8 Å². The number of aromatic nitrogens is 2. The first-order valence-electron chi connectivity index (χ1n) is 8.35. The van der Waals surface area contributed by atoms with Crippen molar-refractivity contribution < 1.29 is 9.84 Å². The van der Waals surface area contributed by atoms with Crippen LogP contribution in [0.4, 0.5) is 5.95 Å². The van der Waals surface area contributed by atoms with Crippen molar-refractivity contribution in [1.29, 1.82) is 0 Å². The molecule has 1 fully saturated rings. The molecule has 1 aliphatic rings. The van der Waals surface area contributed by atoms with Crippen molar-refractivity contribution in [3.05, 3.63) is 47.8 Å². The van der Waals surface area contributed by atoms with Gasteiger partial charge < -0.3 is 20.1 Å². The standard InChI is InChI=1S/C18H24N4O2/c1-24-17-7-3-2-6-15(17)16(23)13-19-10-14-11-20-18(21-12-14)22-8-4-5-9-22/h2-3,6-7,11-12,16,19,23H,4-5,8-10,13H2,1H3. The van der Waals surface area contributed by atoms with Gasteiger partial charge in [-0.05, 0) is 18.9 Å². The largest absolute Gasteiger partial charge is 0.496 e. The molecule has 0 bridgehead atoms. The summed E-state index contributed by atoms with van der Waals surface area (Å²) in [5.74, 6) is 1.51. The normalized spacial score (nSPS) is 15.5. The number of ether oxygens (including phenoxy) is 1. The van der Waals surface area contributed by atoms with E-state index in [1.54, 1.807) is 7.11 Å². The van der Waals surface area contributed by atoms with Crippen molar-refractivity contribution in [2.75, 3.05) is 31.6 Å². The first kappa shape index (κ1) is 16.7. The first-order chi connectivity index (χ1) is 11.8. The molecule has 2 heterocycles. The van der Waals surface area contributed by atoms with Crippen LogP contribution in [0.25, 0.3) is 0 Å². The fourth-order valence-electron chi connectivity index (χ4n) is 2.92. The molecule has 1 unspecified atom stereocenters. The number of nitrogens with one attached hydrogen (secondary N) is 1. The molecule has 0 spiro atoms. The molecule has 0 radical (unpaired) electrons. The summed E-state index contributed by atoms with van der Waals surface area (Å²) in [6, 6.07) is 7.51. The third-order valence-corrected chi connectivity index (χ3v) is 4.25. The van der Waals surface area contributed by atoms with Gasteiger partial charge in [0.15, 0.2) is 0 Å². The summed E-state index contributed by atoms with van der Waals surface area (Å²) in [4.78, 5) is 11.1. The van der Waals surface area contributed by atoms with Gasteiger partial charge in [-0.25, -0.2) is 9.97 Å². The molecule has 128 valence electrons. The molecule has 2 aromatic rings. The number of hydrogen-bond donors (Lipinski definition) is 2. The predicted molar refractivity (Wildman–Crippen MR) is 93.1 cm³/mol. The summed E-state index contributed by atoms with van der Waals surface area (Å²) in [5.41, 5.74) is 1.79. The van der Waals surface area contributed by atoms with Crippen LogP contribution in [0.2, 0.25) is 0 Å². The monoisotopic (exact) mass is 328 g/mol. The molecule has 1 aliphatic heterocycles. The molecule has 6 nitrogen and oxygen atoms in total. The van der Waals surface area contributed by atoms with Crippen molar-refractivity contribution in [2.24, 2.45) is 0 Å². The number of rotatable bonds is 7. The van der Waals surface area contributed by atoms with Gasteiger partial charge in [-0.1, -0.05) is 18.2 Å². The summed E-state index contributed by atoms with van der Waals surface area (Å²) in [5, 5.41) is 13.6. The Hall–Kier alpha value is -2.18. The van der Waals surface area contributed by atoms with E-state index < -0.39 is 6.10 Å². The molecule has 1 aromatic heterocycles. The molecule has 1 saturated heterocycles. The summed E-state index contributed by atoms with van der Waals surface area (Å²) in [6.45, 7) is 3.14. The zero-order chi connectivity index (χ0) is 16.8. The summed E-state index contributed by atoms with van der Waals surface area (Å²) >= 11 is 0. The highest BCUT2D eigenvalue weighted by Gasteiger charge is 2.15. The Morgan fingerprint density at radius 1 is 1.21 bits per heavy atom. The van der Waals surface area contributed by atoms with Crippen LogP contribution in [0, 0.1) is 0 Å². The van der Waals surface area contributed by atoms with Crippen molar-refractivity contribution >= 4 is 5.95 Å². The average Bonchev–Trinajstić information content (AvgIpc) is 3.17. The second-order valence-electron chi connectivity index (χ2n) is 5.97. The number of anilines is 1. The third kappa shape index (κ3) is 4.01. The Morgan fingerprint density at radius 3 is 2.62 bits per heavy atom. The van der Waals surface area contributed by atoms with Crippen LogP contribution in [-0.2, 0) is 6.54 Å². The molecular weight excluding hydrogens is 304 g/mol. The molecule has 0 amide bonds. The van der Waals surface area contributed by atoms with Gasteiger partial charge in [0.05, 0.1) is 13.2 Å². The SMILES string of the molecule is COc1ccccc1C(O)CNCc1cnc(N2CCCC2)nc1. The molecular formula is C18H24N4O2. The van der Waals surface area contributed by atoms with E-state index >= 15 is 0 Å². The van der Waals surface area contributed by atoms with Gasteiger partial charge >= 0.3 is 0 Å². The highest BCUT2D eigenvalue weighted by atomic mass is 16.5. The minimum atomic E-state index is -0.619. The van der Waals surface area contributed by atoms with Gasteiger partial charge in [-0.15, -0.1) is 0 Å². The summed E-state index contributed by atoms with van der Waals surface area (Å²) < 4.78 is 5.28. The first-order valence-corrected chi connectivity index (χ1v) is 8.35. The Kier molecular flexibility index (Phi) is 5.61. The summed E-state index contributed by atoms with van der Waals surface area (Å²) in [6.07, 6.45) is 5.51. The zero-order valence-electron chi connectivity index (χ0n) is 14.0. The Balaban J connectivity index is 1.50. The topological polar surface area (TPSA) is 70.5 Å². The van der Waals surface area contributed by atoms with E-state index in [0.717, 1.165) is 30.2 Å². The quantitative estimate of drug-likeness (QED) is 0.809. The molecule has 24 heavy (non-hydrogen) atoms. The highest BCUT2D eigenvalue weighted by Crippen LogP contribution is 2.24. The van der Waals surface area contributed by atoms with Gasteiger partial charge in [-0.3, -0.25) is 0 Å². The number of methoxy groups -OCH3 is 1. The van der Waals surface area contributed by atoms with Crippen LogP contribution in [0.5, 0.6) is 5.75 Å². The van der Waals surface area contributed by atoms with E-state index in [1.807, 2.05) is 36.7 Å². The van der Waals surface area contributed by atoms with Crippen molar-refractivity contribution in [2.45, 2.75) is 25.5 Å². The number of benzene rings is 1. The highest BCUT2D eigenvalue weighted by molar-refractivity contribution is 5.35. The fraction of sp³-hybridized carbons (Fsp3) is 0.444. The van der Waals surface area contributed by atoms with Gasteiger partial charge in [0.2, 0.25) is 5.95 Å².